The van der Waals surface area contributed by atoms with Gasteiger partial charge in [-0.1, -0.05) is 0 Å². The Kier molecular flexibility index (Phi) is 4.26. The predicted molar refractivity (Wildman–Crippen MR) is 72.0 cm³/mol. The van der Waals surface area contributed by atoms with Crippen LogP contribution in [0.15, 0.2) is 23.7 Å². The van der Waals surface area contributed by atoms with Gasteiger partial charge in [-0.3, -0.25) is 0 Å². The number of hydrogen-bond acceptors (Lipinski definition) is 7. The number of ether oxygens (including phenoxy) is 1. The summed E-state index contributed by atoms with van der Waals surface area (Å²) in [5.74, 6) is -1.02. The Morgan fingerprint density at radius 2 is 2.30 bits per heavy atom. The van der Waals surface area contributed by atoms with Crippen LogP contribution in [0.3, 0.4) is 0 Å². The average Bonchev–Trinajstić information content (AvgIpc) is 2.93. The maximum absolute atomic E-state index is 11.4. The number of pyridine rings is 1. The van der Waals surface area contributed by atoms with E-state index in [0.29, 0.717) is 22.9 Å². The first-order valence-corrected chi connectivity index (χ1v) is 6.44. The van der Waals surface area contributed by atoms with Crippen molar-refractivity contribution in [3.63, 3.8) is 0 Å². The molecule has 2 N–H and O–H groups in total. The molecular weight excluding hydrogens is 282 g/mol. The van der Waals surface area contributed by atoms with E-state index in [4.69, 9.17) is 5.11 Å². The molecule has 0 atom stereocenters. The number of carboxylic acids is 1. The van der Waals surface area contributed by atoms with Crippen LogP contribution in [0.2, 0.25) is 0 Å². The summed E-state index contributed by atoms with van der Waals surface area (Å²) in [5, 5.41) is 13.8. The molecule has 0 aromatic carbocycles. The summed E-state index contributed by atoms with van der Waals surface area (Å²) in [4.78, 5) is 30.1. The standard InChI is InChI=1S/C12H11N3O4S/c1-19-12(18)7-2-3-13-9(4-7)14-5-10-15-8(6-20-10)11(16)17/h2-4,6H,5H2,1H3,(H,13,14)(H,16,17). The second kappa shape index (κ2) is 6.11. The van der Waals surface area contributed by atoms with Gasteiger partial charge < -0.3 is 15.2 Å². The van der Waals surface area contributed by atoms with Gasteiger partial charge in [0, 0.05) is 11.6 Å². The molecule has 104 valence electrons. The molecule has 0 amide bonds. The Balaban J connectivity index is 2.03. The fraction of sp³-hybridized carbons (Fsp3) is 0.167. The summed E-state index contributed by atoms with van der Waals surface area (Å²) in [6.45, 7) is 0.329. The first-order chi connectivity index (χ1) is 9.60. The minimum Gasteiger partial charge on any atom is -0.476 e. The van der Waals surface area contributed by atoms with Crippen LogP contribution >= 0.6 is 11.3 Å². The van der Waals surface area contributed by atoms with Crippen molar-refractivity contribution in [2.45, 2.75) is 6.54 Å². The highest BCUT2D eigenvalue weighted by atomic mass is 32.1. The van der Waals surface area contributed by atoms with Gasteiger partial charge in [-0.05, 0) is 12.1 Å². The van der Waals surface area contributed by atoms with Crippen LogP contribution in [0, 0.1) is 0 Å². The summed E-state index contributed by atoms with van der Waals surface area (Å²) in [7, 11) is 1.30. The molecule has 8 heteroatoms. The van der Waals surface area contributed by atoms with E-state index in [-0.39, 0.29) is 5.69 Å². The highest BCUT2D eigenvalue weighted by Gasteiger charge is 2.09. The summed E-state index contributed by atoms with van der Waals surface area (Å²) in [6, 6.07) is 3.10. The highest BCUT2D eigenvalue weighted by Crippen LogP contribution is 2.13. The van der Waals surface area contributed by atoms with E-state index in [1.807, 2.05) is 0 Å². The van der Waals surface area contributed by atoms with Crippen LogP contribution in [0.1, 0.15) is 25.9 Å². The van der Waals surface area contributed by atoms with Crippen molar-refractivity contribution in [1.29, 1.82) is 0 Å². The number of nitrogens with one attached hydrogen (secondary N) is 1. The highest BCUT2D eigenvalue weighted by molar-refractivity contribution is 7.09. The predicted octanol–water partition coefficient (Wildman–Crippen LogP) is 1.64. The van der Waals surface area contributed by atoms with Gasteiger partial charge in [-0.2, -0.15) is 0 Å². The number of hydrogen-bond donors (Lipinski definition) is 2. The molecule has 0 saturated heterocycles. The number of rotatable bonds is 5. The largest absolute Gasteiger partial charge is 0.476 e. The van der Waals surface area contributed by atoms with Crippen molar-refractivity contribution >= 4 is 29.1 Å². The van der Waals surface area contributed by atoms with Crippen LogP contribution in [0.5, 0.6) is 0 Å². The number of carboxylic acid groups (broad SMARTS) is 1. The zero-order valence-electron chi connectivity index (χ0n) is 10.5. The van der Waals surface area contributed by atoms with Gasteiger partial charge in [0.2, 0.25) is 0 Å². The number of nitrogens with zero attached hydrogens (tertiary/aromatic N) is 2. The van der Waals surface area contributed by atoms with Gasteiger partial charge >= 0.3 is 11.9 Å². The molecule has 0 bridgehead atoms. The molecular formula is C12H11N3O4S. The molecule has 0 fully saturated rings. The average molecular weight is 293 g/mol. The minimum absolute atomic E-state index is 0.0167. The second-order valence-electron chi connectivity index (χ2n) is 3.71. The molecule has 0 unspecified atom stereocenters. The summed E-state index contributed by atoms with van der Waals surface area (Å²) in [5.41, 5.74) is 0.401. The number of anilines is 1. The summed E-state index contributed by atoms with van der Waals surface area (Å²) < 4.78 is 4.61. The lowest BCUT2D eigenvalue weighted by atomic mass is 10.2. The third-order valence-electron chi connectivity index (χ3n) is 2.37. The van der Waals surface area contributed by atoms with E-state index >= 15 is 0 Å². The molecule has 2 rings (SSSR count). The molecule has 0 aliphatic carbocycles. The number of thiazole rings is 1. The smallest absolute Gasteiger partial charge is 0.355 e. The first kappa shape index (κ1) is 13.9. The molecule has 2 aromatic heterocycles. The minimum atomic E-state index is -1.06. The topological polar surface area (TPSA) is 101 Å². The van der Waals surface area contributed by atoms with Gasteiger partial charge in [0.05, 0.1) is 19.2 Å². The van der Waals surface area contributed by atoms with Crippen LogP contribution < -0.4 is 5.32 Å². The normalized spacial score (nSPS) is 10.1. The van der Waals surface area contributed by atoms with Crippen LogP contribution in [0.4, 0.5) is 5.82 Å². The maximum Gasteiger partial charge on any atom is 0.355 e. The van der Waals surface area contributed by atoms with Crippen molar-refractivity contribution in [2.24, 2.45) is 0 Å². The number of esters is 1. The van der Waals surface area contributed by atoms with Crippen LogP contribution in [0.25, 0.3) is 0 Å². The van der Waals surface area contributed by atoms with Crippen molar-refractivity contribution in [1.82, 2.24) is 9.97 Å². The van der Waals surface area contributed by atoms with Crippen LogP contribution in [-0.4, -0.2) is 34.1 Å². The zero-order chi connectivity index (χ0) is 14.5. The van der Waals surface area contributed by atoms with Crippen molar-refractivity contribution in [3.8, 4) is 0 Å². The van der Waals surface area contributed by atoms with E-state index in [0.717, 1.165) is 0 Å². The van der Waals surface area contributed by atoms with Crippen molar-refractivity contribution in [3.05, 3.63) is 40.0 Å². The van der Waals surface area contributed by atoms with Crippen LogP contribution in [-0.2, 0) is 11.3 Å². The van der Waals surface area contributed by atoms with E-state index in [1.54, 1.807) is 12.1 Å². The number of carbonyl (C=O) groups is 2. The fourth-order valence-corrected chi connectivity index (χ4v) is 2.14. The molecule has 0 saturated carbocycles. The van der Waals surface area contributed by atoms with Crippen molar-refractivity contribution in [2.75, 3.05) is 12.4 Å². The van der Waals surface area contributed by atoms with Gasteiger partial charge in [0.25, 0.3) is 0 Å². The number of carbonyl (C=O) groups excluding carboxylic acids is 1. The fourth-order valence-electron chi connectivity index (χ4n) is 1.43. The third-order valence-corrected chi connectivity index (χ3v) is 3.22. The molecule has 0 radical (unpaired) electrons. The molecule has 20 heavy (non-hydrogen) atoms. The zero-order valence-corrected chi connectivity index (χ0v) is 11.3. The number of aromatic carboxylic acids is 1. The lowest BCUT2D eigenvalue weighted by Gasteiger charge is -2.04. The Labute approximate surface area is 118 Å². The molecule has 7 nitrogen and oxygen atoms in total. The maximum atomic E-state index is 11.4. The van der Waals surface area contributed by atoms with E-state index in [2.05, 4.69) is 20.0 Å². The SMILES string of the molecule is COC(=O)c1ccnc(NCc2nc(C(=O)O)cs2)c1. The first-order valence-electron chi connectivity index (χ1n) is 5.56. The lowest BCUT2D eigenvalue weighted by molar-refractivity contribution is 0.0599. The van der Waals surface area contributed by atoms with Crippen molar-refractivity contribution < 1.29 is 19.4 Å². The van der Waals surface area contributed by atoms with Gasteiger partial charge in [0.1, 0.15) is 10.8 Å². The molecule has 2 heterocycles. The van der Waals surface area contributed by atoms with Gasteiger partial charge in [-0.15, -0.1) is 11.3 Å². The molecule has 0 aliphatic rings. The monoisotopic (exact) mass is 293 g/mol. The number of methoxy groups -OCH3 is 1. The Bertz CT molecular complexity index is 641. The Morgan fingerprint density at radius 3 is 2.95 bits per heavy atom. The third kappa shape index (κ3) is 3.29. The van der Waals surface area contributed by atoms with Gasteiger partial charge in [0.15, 0.2) is 5.69 Å². The Morgan fingerprint density at radius 1 is 1.50 bits per heavy atom. The van der Waals surface area contributed by atoms with E-state index in [9.17, 15) is 9.59 Å². The molecule has 0 aliphatic heterocycles. The van der Waals surface area contributed by atoms with E-state index < -0.39 is 11.9 Å². The second-order valence-corrected chi connectivity index (χ2v) is 4.65. The summed E-state index contributed by atoms with van der Waals surface area (Å²) in [6.07, 6.45) is 1.49. The van der Waals surface area contributed by atoms with Gasteiger partial charge in [-0.25, -0.2) is 19.6 Å². The number of aromatic nitrogens is 2. The quantitative estimate of drug-likeness (QED) is 0.808. The molecule has 0 spiro atoms. The summed E-state index contributed by atoms with van der Waals surface area (Å²) >= 11 is 1.24. The van der Waals surface area contributed by atoms with E-state index in [1.165, 1.54) is 30.0 Å². The molecule has 2 aromatic rings. The Hall–Kier alpha value is -2.48. The lowest BCUT2D eigenvalue weighted by Crippen LogP contribution is -2.05.